The van der Waals surface area contributed by atoms with E-state index in [-0.39, 0.29) is 5.92 Å². The molecule has 1 nitrogen and oxygen atoms in total. The van der Waals surface area contributed by atoms with Crippen LogP contribution in [0.15, 0.2) is 15.2 Å². The fourth-order valence-corrected chi connectivity index (χ4v) is 1.48. The van der Waals surface area contributed by atoms with Gasteiger partial charge < -0.3 is 4.42 Å². The highest BCUT2D eigenvalue weighted by atomic mass is 79.9. The van der Waals surface area contributed by atoms with Gasteiger partial charge in [-0.25, -0.2) is 0 Å². The fourth-order valence-electron chi connectivity index (χ4n) is 0.962. The van der Waals surface area contributed by atoms with Crippen molar-refractivity contribution in [3.05, 3.63) is 22.1 Å². The van der Waals surface area contributed by atoms with Gasteiger partial charge in [0.05, 0.1) is 5.92 Å². The van der Waals surface area contributed by atoms with Crippen molar-refractivity contribution in [2.45, 2.75) is 19.8 Å². The van der Waals surface area contributed by atoms with E-state index in [2.05, 4.69) is 21.9 Å². The summed E-state index contributed by atoms with van der Waals surface area (Å²) in [6, 6.07) is 1.92. The predicted octanol–water partition coefficient (Wildman–Crippen LogP) is 3.09. The van der Waals surface area contributed by atoms with E-state index in [1.54, 1.807) is 0 Å². The smallest absolute Gasteiger partial charge is 0.169 e. The van der Waals surface area contributed by atoms with E-state index in [9.17, 15) is 0 Å². The van der Waals surface area contributed by atoms with Gasteiger partial charge in [0, 0.05) is 0 Å². The van der Waals surface area contributed by atoms with Gasteiger partial charge in [0.1, 0.15) is 5.76 Å². The van der Waals surface area contributed by atoms with Crippen LogP contribution in [0.5, 0.6) is 0 Å². The lowest BCUT2D eigenvalue weighted by Gasteiger charge is -1.99. The Morgan fingerprint density at radius 3 is 2.73 bits per heavy atom. The maximum absolute atomic E-state index is 5.34. The molecule has 0 aliphatic carbocycles. The number of furan rings is 1. The SMILES string of the molecule is C#CC(C)c1oc(Br)cc1C. The Labute approximate surface area is 74.9 Å². The maximum atomic E-state index is 5.34. The average molecular weight is 213 g/mol. The molecule has 11 heavy (non-hydrogen) atoms. The van der Waals surface area contributed by atoms with Crippen molar-refractivity contribution in [3.63, 3.8) is 0 Å². The summed E-state index contributed by atoms with van der Waals surface area (Å²) < 4.78 is 6.08. The highest BCUT2D eigenvalue weighted by Gasteiger charge is 2.10. The number of hydrogen-bond acceptors (Lipinski definition) is 1. The Bertz CT molecular complexity index is 293. The van der Waals surface area contributed by atoms with E-state index in [4.69, 9.17) is 10.8 Å². The molecule has 2 heteroatoms. The molecule has 0 radical (unpaired) electrons. The molecule has 1 heterocycles. The van der Waals surface area contributed by atoms with Gasteiger partial charge in [0.25, 0.3) is 0 Å². The standard InChI is InChI=1S/C9H9BrO/c1-4-6(2)9-7(3)5-8(10)11-9/h1,5-6H,2-3H3. The van der Waals surface area contributed by atoms with E-state index in [1.807, 2.05) is 19.9 Å². The van der Waals surface area contributed by atoms with Crippen LogP contribution in [-0.2, 0) is 0 Å². The molecule has 1 rings (SSSR count). The lowest BCUT2D eigenvalue weighted by atomic mass is 10.1. The Morgan fingerprint density at radius 2 is 2.36 bits per heavy atom. The van der Waals surface area contributed by atoms with Crippen molar-refractivity contribution < 1.29 is 4.42 Å². The van der Waals surface area contributed by atoms with Gasteiger partial charge in [-0.2, -0.15) is 0 Å². The molecule has 0 bridgehead atoms. The summed E-state index contributed by atoms with van der Waals surface area (Å²) in [6.07, 6.45) is 5.26. The van der Waals surface area contributed by atoms with Gasteiger partial charge >= 0.3 is 0 Å². The summed E-state index contributed by atoms with van der Waals surface area (Å²) in [5.74, 6) is 3.55. The zero-order chi connectivity index (χ0) is 8.43. The Balaban J connectivity index is 3.05. The van der Waals surface area contributed by atoms with E-state index >= 15 is 0 Å². The molecule has 0 aliphatic rings. The van der Waals surface area contributed by atoms with Crippen molar-refractivity contribution in [3.8, 4) is 12.3 Å². The first-order chi connectivity index (χ1) is 5.15. The molecule has 1 aromatic heterocycles. The van der Waals surface area contributed by atoms with Crippen LogP contribution in [0, 0.1) is 19.3 Å². The molecule has 1 atom stereocenters. The van der Waals surface area contributed by atoms with Gasteiger partial charge in [0.15, 0.2) is 4.67 Å². The van der Waals surface area contributed by atoms with E-state index in [1.165, 1.54) is 0 Å². The van der Waals surface area contributed by atoms with Crippen LogP contribution in [0.25, 0.3) is 0 Å². The third-order valence-electron chi connectivity index (χ3n) is 1.57. The van der Waals surface area contributed by atoms with Crippen LogP contribution >= 0.6 is 15.9 Å². The van der Waals surface area contributed by atoms with Crippen molar-refractivity contribution in [2.75, 3.05) is 0 Å². The topological polar surface area (TPSA) is 13.1 Å². The molecule has 0 N–H and O–H groups in total. The third kappa shape index (κ3) is 1.66. The highest BCUT2D eigenvalue weighted by Crippen LogP contribution is 2.25. The largest absolute Gasteiger partial charge is 0.453 e. The molecular formula is C9H9BrO. The summed E-state index contributed by atoms with van der Waals surface area (Å²) in [6.45, 7) is 3.93. The van der Waals surface area contributed by atoms with Gasteiger partial charge in [-0.05, 0) is 41.4 Å². The average Bonchev–Trinajstić information content (AvgIpc) is 2.28. The minimum Gasteiger partial charge on any atom is -0.453 e. The van der Waals surface area contributed by atoms with Crippen molar-refractivity contribution in [2.24, 2.45) is 0 Å². The molecule has 0 fully saturated rings. The number of aryl methyl sites for hydroxylation is 1. The minimum atomic E-state index is 0.0568. The molecule has 0 aliphatic heterocycles. The quantitative estimate of drug-likeness (QED) is 0.653. The van der Waals surface area contributed by atoms with Gasteiger partial charge in [-0.3, -0.25) is 0 Å². The van der Waals surface area contributed by atoms with Crippen LogP contribution in [0.3, 0.4) is 0 Å². The first-order valence-electron chi connectivity index (χ1n) is 3.37. The summed E-state index contributed by atoms with van der Waals surface area (Å²) in [5.41, 5.74) is 1.10. The number of halogens is 1. The molecule has 1 unspecified atom stereocenters. The van der Waals surface area contributed by atoms with E-state index in [0.29, 0.717) is 0 Å². The Morgan fingerprint density at radius 1 is 1.73 bits per heavy atom. The minimum absolute atomic E-state index is 0.0568. The monoisotopic (exact) mass is 212 g/mol. The Hall–Kier alpha value is -0.680. The van der Waals surface area contributed by atoms with Crippen LogP contribution in [0.1, 0.15) is 24.2 Å². The maximum Gasteiger partial charge on any atom is 0.169 e. The van der Waals surface area contributed by atoms with Crippen molar-refractivity contribution in [1.82, 2.24) is 0 Å². The lowest BCUT2D eigenvalue weighted by molar-refractivity contribution is 0.480. The summed E-state index contributed by atoms with van der Waals surface area (Å²) in [4.78, 5) is 0. The fraction of sp³-hybridized carbons (Fsp3) is 0.333. The molecule has 0 spiro atoms. The van der Waals surface area contributed by atoms with Crippen LogP contribution in [-0.4, -0.2) is 0 Å². The summed E-state index contributed by atoms with van der Waals surface area (Å²) in [5, 5.41) is 0. The van der Waals surface area contributed by atoms with Gasteiger partial charge in [-0.1, -0.05) is 5.92 Å². The van der Waals surface area contributed by atoms with E-state index in [0.717, 1.165) is 16.0 Å². The molecule has 0 aromatic carbocycles. The predicted molar refractivity (Wildman–Crippen MR) is 48.4 cm³/mol. The second-order valence-corrected chi connectivity index (χ2v) is 3.27. The normalized spacial score (nSPS) is 12.5. The molecule has 0 saturated heterocycles. The van der Waals surface area contributed by atoms with Crippen LogP contribution in [0.2, 0.25) is 0 Å². The second kappa shape index (κ2) is 3.15. The molecule has 1 aromatic rings. The van der Waals surface area contributed by atoms with Crippen LogP contribution < -0.4 is 0 Å². The van der Waals surface area contributed by atoms with Gasteiger partial charge in [-0.15, -0.1) is 6.42 Å². The zero-order valence-electron chi connectivity index (χ0n) is 6.52. The third-order valence-corrected chi connectivity index (χ3v) is 1.96. The van der Waals surface area contributed by atoms with Crippen molar-refractivity contribution >= 4 is 15.9 Å². The first-order valence-corrected chi connectivity index (χ1v) is 4.16. The van der Waals surface area contributed by atoms with E-state index < -0.39 is 0 Å². The van der Waals surface area contributed by atoms with Crippen LogP contribution in [0.4, 0.5) is 0 Å². The first kappa shape index (κ1) is 8.42. The molecule has 0 saturated carbocycles. The molecule has 58 valence electrons. The summed E-state index contributed by atoms with van der Waals surface area (Å²) >= 11 is 3.25. The molecule has 0 amide bonds. The molecular weight excluding hydrogens is 204 g/mol. The zero-order valence-corrected chi connectivity index (χ0v) is 8.10. The summed E-state index contributed by atoms with van der Waals surface area (Å²) in [7, 11) is 0. The van der Waals surface area contributed by atoms with Crippen molar-refractivity contribution in [1.29, 1.82) is 0 Å². The number of rotatable bonds is 1. The Kier molecular flexibility index (Phi) is 2.41. The second-order valence-electron chi connectivity index (χ2n) is 2.49. The number of terminal acetylenes is 1. The van der Waals surface area contributed by atoms with Gasteiger partial charge in [0.2, 0.25) is 0 Å². The number of hydrogen-bond donors (Lipinski definition) is 0. The highest BCUT2D eigenvalue weighted by molar-refractivity contribution is 9.10. The lowest BCUT2D eigenvalue weighted by Crippen LogP contribution is -1.87.